The van der Waals surface area contributed by atoms with E-state index in [2.05, 4.69) is 40.5 Å². The van der Waals surface area contributed by atoms with Gasteiger partial charge in [0, 0.05) is 30.5 Å². The van der Waals surface area contributed by atoms with Crippen molar-refractivity contribution in [3.8, 4) is 0 Å². The Hall–Kier alpha value is -1.00. The highest BCUT2D eigenvalue weighted by molar-refractivity contribution is 8.76. The molecule has 1 aromatic heterocycles. The van der Waals surface area contributed by atoms with Crippen LogP contribution in [0.3, 0.4) is 0 Å². The Morgan fingerprint density at radius 1 is 0.938 bits per heavy atom. The highest BCUT2D eigenvalue weighted by Crippen LogP contribution is 2.21. The van der Waals surface area contributed by atoms with Crippen LogP contribution in [0.5, 0.6) is 0 Å². The van der Waals surface area contributed by atoms with Crippen LogP contribution in [0.15, 0.2) is 55.1 Å². The summed E-state index contributed by atoms with van der Waals surface area (Å²) in [6, 6.07) is 10.5. The lowest BCUT2D eigenvalue weighted by atomic mass is 10.2. The van der Waals surface area contributed by atoms with E-state index >= 15 is 0 Å². The van der Waals surface area contributed by atoms with E-state index in [4.69, 9.17) is 0 Å². The van der Waals surface area contributed by atoms with Gasteiger partial charge in [0.2, 0.25) is 0 Å². The van der Waals surface area contributed by atoms with E-state index in [0.29, 0.717) is 0 Å². The molecule has 0 aliphatic rings. The van der Waals surface area contributed by atoms with Crippen molar-refractivity contribution >= 4 is 21.6 Å². The Morgan fingerprint density at radius 3 is 1.94 bits per heavy atom. The van der Waals surface area contributed by atoms with E-state index in [9.17, 15) is 0 Å². The summed E-state index contributed by atoms with van der Waals surface area (Å²) in [6.45, 7) is 0. The summed E-state index contributed by atoms with van der Waals surface area (Å²) < 4.78 is 0. The summed E-state index contributed by atoms with van der Waals surface area (Å²) in [5, 5.41) is 0. The number of rotatable bonds is 3. The van der Waals surface area contributed by atoms with Crippen molar-refractivity contribution in [3.05, 3.63) is 60.7 Å². The molecule has 2 aromatic rings. The van der Waals surface area contributed by atoms with Gasteiger partial charge < -0.3 is 0 Å². The molecule has 0 radical (unpaired) electrons. The first kappa shape index (κ1) is 13.1. The molecule has 1 heterocycles. The molecule has 0 unspecified atom stereocenters. The molecule has 2 rings (SSSR count). The first-order valence-corrected chi connectivity index (χ1v) is 7.55. The van der Waals surface area contributed by atoms with Crippen LogP contribution in [-0.2, 0) is 5.75 Å². The summed E-state index contributed by atoms with van der Waals surface area (Å²) in [7, 11) is 3.69. The number of benzene rings is 1. The molecule has 0 saturated heterocycles. The molecule has 2 nitrogen and oxygen atoms in total. The second-order valence-electron chi connectivity index (χ2n) is 2.81. The van der Waals surface area contributed by atoms with Gasteiger partial charge in [-0.1, -0.05) is 51.9 Å². The van der Waals surface area contributed by atoms with Gasteiger partial charge in [-0.15, -0.1) is 0 Å². The summed E-state index contributed by atoms with van der Waals surface area (Å²) in [5.41, 5.74) is 1.40. The average Bonchev–Trinajstić information content (AvgIpc) is 2.40. The lowest BCUT2D eigenvalue weighted by Crippen LogP contribution is -1.74. The normalized spacial score (nSPS) is 9.06. The maximum Gasteiger partial charge on any atom is 0.0451 e. The maximum absolute atomic E-state index is 3.72. The first-order chi connectivity index (χ1) is 7.93. The van der Waals surface area contributed by atoms with Crippen LogP contribution in [0.2, 0.25) is 0 Å². The lowest BCUT2D eigenvalue weighted by Gasteiger charge is -1.95. The van der Waals surface area contributed by atoms with Gasteiger partial charge in [-0.25, -0.2) is 0 Å². The number of aromatic nitrogens is 2. The third kappa shape index (κ3) is 6.48. The van der Waals surface area contributed by atoms with Crippen molar-refractivity contribution in [2.45, 2.75) is 5.75 Å². The van der Waals surface area contributed by atoms with E-state index in [1.165, 1.54) is 5.56 Å². The van der Waals surface area contributed by atoms with Gasteiger partial charge in [-0.2, -0.15) is 0 Å². The summed E-state index contributed by atoms with van der Waals surface area (Å²) in [6.07, 6.45) is 8.66. The molecule has 0 N–H and O–H groups in total. The Labute approximate surface area is 104 Å². The second kappa shape index (κ2) is 9.24. The molecule has 4 heteroatoms. The van der Waals surface area contributed by atoms with Crippen LogP contribution in [0.1, 0.15) is 5.56 Å². The molecule has 0 saturated carbocycles. The minimum Gasteiger partial charge on any atom is -0.262 e. The zero-order valence-corrected chi connectivity index (χ0v) is 10.7. The van der Waals surface area contributed by atoms with Crippen LogP contribution in [0.25, 0.3) is 0 Å². The van der Waals surface area contributed by atoms with Crippen molar-refractivity contribution in [2.75, 3.05) is 6.26 Å². The quantitative estimate of drug-likeness (QED) is 0.776. The summed E-state index contributed by atoms with van der Waals surface area (Å²) >= 11 is 0. The molecule has 0 spiro atoms. The van der Waals surface area contributed by atoms with E-state index in [-0.39, 0.29) is 0 Å². The Morgan fingerprint density at radius 2 is 1.50 bits per heavy atom. The fourth-order valence-corrected chi connectivity index (χ4v) is 2.16. The van der Waals surface area contributed by atoms with Crippen LogP contribution >= 0.6 is 21.6 Å². The second-order valence-corrected chi connectivity index (χ2v) is 5.37. The smallest absolute Gasteiger partial charge is 0.0451 e. The van der Waals surface area contributed by atoms with Gasteiger partial charge in [-0.3, -0.25) is 9.97 Å². The Balaban J connectivity index is 0.000000181. The predicted molar refractivity (Wildman–Crippen MR) is 73.3 cm³/mol. The molecular formula is C12H14N2S2. The highest BCUT2D eigenvalue weighted by Gasteiger charge is 1.88. The minimum atomic E-state index is 1.11. The number of hydrogen-bond acceptors (Lipinski definition) is 4. The minimum absolute atomic E-state index is 1.11. The van der Waals surface area contributed by atoms with Gasteiger partial charge in [0.25, 0.3) is 0 Å². The standard InChI is InChI=1S/C8H10S2.C4H4N2/c1-9-10-7-8-5-3-2-4-6-8;1-2-6-4-3-5-1/h2-6H,7H2,1H3;1-4H. The Bertz CT molecular complexity index is 327. The fourth-order valence-electron chi connectivity index (χ4n) is 0.955. The molecule has 0 aliphatic carbocycles. The maximum atomic E-state index is 3.72. The number of hydrogen-bond donors (Lipinski definition) is 0. The molecule has 0 amide bonds. The van der Waals surface area contributed by atoms with Crippen LogP contribution in [0.4, 0.5) is 0 Å². The summed E-state index contributed by atoms with van der Waals surface area (Å²) in [4.78, 5) is 7.44. The monoisotopic (exact) mass is 250 g/mol. The van der Waals surface area contributed by atoms with Crippen LogP contribution < -0.4 is 0 Å². The van der Waals surface area contributed by atoms with E-state index in [1.54, 1.807) is 24.8 Å². The zero-order valence-electron chi connectivity index (χ0n) is 9.11. The molecule has 0 fully saturated rings. The van der Waals surface area contributed by atoms with Crippen molar-refractivity contribution in [3.63, 3.8) is 0 Å². The highest BCUT2D eigenvalue weighted by atomic mass is 33.1. The van der Waals surface area contributed by atoms with Crippen molar-refractivity contribution in [1.29, 1.82) is 0 Å². The largest absolute Gasteiger partial charge is 0.262 e. The molecule has 0 bridgehead atoms. The molecule has 0 aliphatic heterocycles. The van der Waals surface area contributed by atoms with Gasteiger partial charge in [0.1, 0.15) is 0 Å². The van der Waals surface area contributed by atoms with Crippen LogP contribution in [-0.4, -0.2) is 16.2 Å². The third-order valence-electron chi connectivity index (χ3n) is 1.66. The average molecular weight is 250 g/mol. The van der Waals surface area contributed by atoms with Crippen molar-refractivity contribution < 1.29 is 0 Å². The Kier molecular flexibility index (Phi) is 7.55. The van der Waals surface area contributed by atoms with E-state index in [0.717, 1.165) is 5.75 Å². The van der Waals surface area contributed by atoms with E-state index < -0.39 is 0 Å². The van der Waals surface area contributed by atoms with Gasteiger partial charge in [-0.05, 0) is 11.8 Å². The van der Waals surface area contributed by atoms with Gasteiger partial charge in [0.05, 0.1) is 0 Å². The molecule has 84 valence electrons. The molecule has 16 heavy (non-hydrogen) atoms. The third-order valence-corrected chi connectivity index (χ3v) is 3.41. The fraction of sp³-hybridized carbons (Fsp3) is 0.167. The molecule has 1 aromatic carbocycles. The first-order valence-electron chi connectivity index (χ1n) is 4.83. The predicted octanol–water partition coefficient (Wildman–Crippen LogP) is 3.67. The van der Waals surface area contributed by atoms with Gasteiger partial charge >= 0.3 is 0 Å². The van der Waals surface area contributed by atoms with Crippen molar-refractivity contribution in [2.24, 2.45) is 0 Å². The molecule has 0 atom stereocenters. The zero-order chi connectivity index (χ0) is 11.5. The molecular weight excluding hydrogens is 236 g/mol. The topological polar surface area (TPSA) is 25.8 Å². The van der Waals surface area contributed by atoms with Gasteiger partial charge in [0.15, 0.2) is 0 Å². The summed E-state index contributed by atoms with van der Waals surface area (Å²) in [5.74, 6) is 1.11. The number of nitrogens with zero attached hydrogens (tertiary/aromatic N) is 2. The lowest BCUT2D eigenvalue weighted by molar-refractivity contribution is 1.20. The van der Waals surface area contributed by atoms with Crippen molar-refractivity contribution in [1.82, 2.24) is 9.97 Å². The van der Waals surface area contributed by atoms with E-state index in [1.807, 2.05) is 27.7 Å². The van der Waals surface area contributed by atoms with Crippen LogP contribution in [0, 0.1) is 0 Å². The SMILES string of the molecule is CSSCc1ccccc1.c1cnccn1.